The summed E-state index contributed by atoms with van der Waals surface area (Å²) in [5, 5.41) is 41.5. The van der Waals surface area contributed by atoms with Gasteiger partial charge in [-0.15, -0.1) is 10.2 Å². The quantitative estimate of drug-likeness (QED) is 0.295. The zero-order chi connectivity index (χ0) is 24.5. The van der Waals surface area contributed by atoms with E-state index in [1.165, 1.54) is 24.1 Å². The van der Waals surface area contributed by atoms with Crippen LogP contribution in [0.1, 0.15) is 37.6 Å². The van der Waals surface area contributed by atoms with E-state index in [1.54, 1.807) is 12.1 Å². The van der Waals surface area contributed by atoms with Crippen LogP contribution in [-0.4, -0.2) is 34.6 Å². The molecule has 0 spiro atoms. The summed E-state index contributed by atoms with van der Waals surface area (Å²) in [7, 11) is 0. The number of hydrogen-bond acceptors (Lipinski definition) is 9. The van der Waals surface area contributed by atoms with Gasteiger partial charge in [0.25, 0.3) is 5.69 Å². The van der Waals surface area contributed by atoms with Gasteiger partial charge in [0.05, 0.1) is 27.9 Å². The Labute approximate surface area is 189 Å². The highest BCUT2D eigenvalue weighted by atomic mass is 16.7. The van der Waals surface area contributed by atoms with E-state index in [0.717, 1.165) is 12.1 Å². The van der Waals surface area contributed by atoms with Crippen LogP contribution in [0.2, 0.25) is 0 Å². The normalized spacial score (nSPS) is 11.6. The second kappa shape index (κ2) is 11.3. The molecule has 0 heterocycles. The van der Waals surface area contributed by atoms with Crippen LogP contribution in [0.25, 0.3) is 0 Å². The van der Waals surface area contributed by atoms with Gasteiger partial charge in [-0.3, -0.25) is 24.8 Å². The summed E-state index contributed by atoms with van der Waals surface area (Å²) in [6.07, 6.45) is -0.163. The number of nitrogens with one attached hydrogen (secondary N) is 1. The predicted molar refractivity (Wildman–Crippen MR) is 119 cm³/mol. The Kier molecular flexibility index (Phi) is 8.53. The minimum absolute atomic E-state index is 0.0933. The number of hydroxylamine groups is 1. The van der Waals surface area contributed by atoms with E-state index in [1.807, 2.05) is 13.8 Å². The van der Waals surface area contributed by atoms with Crippen molar-refractivity contribution >= 4 is 40.3 Å². The van der Waals surface area contributed by atoms with E-state index in [9.17, 15) is 24.8 Å². The largest absolute Gasteiger partial charge is 0.478 e. The molecule has 1 unspecified atom stereocenters. The number of nitriles is 1. The fourth-order valence-electron chi connectivity index (χ4n) is 2.72. The molecule has 0 saturated heterocycles. The number of carboxylic acids is 1. The van der Waals surface area contributed by atoms with Gasteiger partial charge in [-0.1, -0.05) is 6.92 Å². The SMILES string of the molecule is CCC(C#N)ON(CC)c1ccc(/N=N/c2ccc([N+](=O)[O-])cc2C(=O)O)c(NC(C)=O)c1. The third kappa shape index (κ3) is 6.55. The fraction of sp³-hybridized carbons (Fsp3) is 0.286. The summed E-state index contributed by atoms with van der Waals surface area (Å²) in [4.78, 5) is 39.1. The fourth-order valence-corrected chi connectivity index (χ4v) is 2.72. The second-order valence-electron chi connectivity index (χ2n) is 6.67. The highest BCUT2D eigenvalue weighted by molar-refractivity contribution is 5.94. The van der Waals surface area contributed by atoms with Crippen molar-refractivity contribution in [1.29, 1.82) is 5.26 Å². The Morgan fingerprint density at radius 1 is 1.24 bits per heavy atom. The molecule has 2 rings (SSSR count). The molecule has 12 heteroatoms. The summed E-state index contributed by atoms with van der Waals surface area (Å²) in [5.74, 6) is -1.78. The summed E-state index contributed by atoms with van der Waals surface area (Å²) in [6, 6.07) is 10.00. The van der Waals surface area contributed by atoms with Crippen LogP contribution in [-0.2, 0) is 9.63 Å². The maximum atomic E-state index is 11.7. The maximum absolute atomic E-state index is 11.7. The van der Waals surface area contributed by atoms with E-state index in [4.69, 9.17) is 10.1 Å². The smallest absolute Gasteiger partial charge is 0.338 e. The third-order valence-electron chi connectivity index (χ3n) is 4.32. The maximum Gasteiger partial charge on any atom is 0.338 e. The number of nitro groups is 1. The second-order valence-corrected chi connectivity index (χ2v) is 6.67. The van der Waals surface area contributed by atoms with Crippen molar-refractivity contribution < 1.29 is 24.5 Å². The first-order chi connectivity index (χ1) is 15.7. The average Bonchev–Trinajstić information content (AvgIpc) is 2.78. The number of rotatable bonds is 10. The van der Waals surface area contributed by atoms with Gasteiger partial charge in [0.2, 0.25) is 5.91 Å². The van der Waals surface area contributed by atoms with Gasteiger partial charge in [-0.05, 0) is 37.6 Å². The molecule has 33 heavy (non-hydrogen) atoms. The topological polar surface area (TPSA) is 171 Å². The van der Waals surface area contributed by atoms with Gasteiger partial charge in [0, 0.05) is 25.6 Å². The Balaban J connectivity index is 2.45. The minimum Gasteiger partial charge on any atom is -0.478 e. The molecule has 0 aliphatic rings. The standard InChI is InChI=1S/C21H22N6O6/c1-4-16(12-22)33-26(5-2)14-6-9-19(20(11-14)23-13(3)28)25-24-18-8-7-15(27(31)32)10-17(18)21(29)30/h6-11,16H,4-5H2,1-3H3,(H,23,28)(H,29,30)/b25-24+. The summed E-state index contributed by atoms with van der Waals surface area (Å²) >= 11 is 0. The van der Waals surface area contributed by atoms with Crippen LogP contribution in [0.3, 0.4) is 0 Å². The molecule has 0 saturated carbocycles. The first-order valence-corrected chi connectivity index (χ1v) is 9.89. The third-order valence-corrected chi connectivity index (χ3v) is 4.32. The number of benzene rings is 2. The van der Waals surface area contributed by atoms with Gasteiger partial charge >= 0.3 is 5.97 Å². The number of carbonyl (C=O) groups is 2. The van der Waals surface area contributed by atoms with Crippen LogP contribution in [0, 0.1) is 21.4 Å². The number of amides is 1. The average molecular weight is 454 g/mol. The molecule has 1 atom stereocenters. The number of anilines is 2. The van der Waals surface area contributed by atoms with Crippen molar-refractivity contribution in [2.45, 2.75) is 33.3 Å². The Morgan fingerprint density at radius 2 is 1.91 bits per heavy atom. The summed E-state index contributed by atoms with van der Waals surface area (Å²) in [6.45, 7) is 5.38. The molecule has 2 N–H and O–H groups in total. The molecule has 0 radical (unpaired) electrons. The number of hydrogen-bond donors (Lipinski definition) is 2. The van der Waals surface area contributed by atoms with E-state index in [-0.39, 0.29) is 23.0 Å². The number of nitrogens with zero attached hydrogens (tertiary/aromatic N) is 5. The van der Waals surface area contributed by atoms with Gasteiger partial charge in [0.15, 0.2) is 6.10 Å². The van der Waals surface area contributed by atoms with Crippen LogP contribution < -0.4 is 10.4 Å². The Hall–Kier alpha value is -4.37. The number of aromatic carboxylic acids is 1. The lowest BCUT2D eigenvalue weighted by molar-refractivity contribution is -0.384. The molecular weight excluding hydrogens is 432 g/mol. The van der Waals surface area contributed by atoms with Crippen LogP contribution in [0.5, 0.6) is 0 Å². The van der Waals surface area contributed by atoms with E-state index in [0.29, 0.717) is 18.7 Å². The van der Waals surface area contributed by atoms with Crippen LogP contribution in [0.15, 0.2) is 46.6 Å². The first-order valence-electron chi connectivity index (χ1n) is 9.89. The minimum atomic E-state index is -1.40. The molecule has 0 fully saturated rings. The van der Waals surface area contributed by atoms with Crippen molar-refractivity contribution in [1.82, 2.24) is 0 Å². The zero-order valence-electron chi connectivity index (χ0n) is 18.2. The molecule has 0 bridgehead atoms. The van der Waals surface area contributed by atoms with Gasteiger partial charge in [-0.2, -0.15) is 5.26 Å². The number of carbonyl (C=O) groups excluding carboxylic acids is 1. The Morgan fingerprint density at radius 3 is 2.45 bits per heavy atom. The van der Waals surface area contributed by atoms with Crippen molar-refractivity contribution in [2.24, 2.45) is 10.2 Å². The number of azo groups is 1. The van der Waals surface area contributed by atoms with Gasteiger partial charge in [-0.25, -0.2) is 4.79 Å². The monoisotopic (exact) mass is 454 g/mol. The lowest BCUT2D eigenvalue weighted by Gasteiger charge is -2.25. The number of carboxylic acid groups (broad SMARTS) is 1. The molecule has 0 aliphatic carbocycles. The molecule has 12 nitrogen and oxygen atoms in total. The molecule has 2 aromatic carbocycles. The first kappa shape index (κ1) is 24.9. The Bertz CT molecular complexity index is 1130. The number of nitro benzene ring substituents is 1. The van der Waals surface area contributed by atoms with Crippen molar-refractivity contribution in [3.8, 4) is 6.07 Å². The molecule has 0 aliphatic heterocycles. The van der Waals surface area contributed by atoms with Gasteiger partial charge < -0.3 is 10.4 Å². The molecular formula is C21H22N6O6. The zero-order valence-corrected chi connectivity index (χ0v) is 18.2. The van der Waals surface area contributed by atoms with Crippen molar-refractivity contribution in [3.05, 3.63) is 52.1 Å². The number of non-ortho nitro benzene ring substituents is 1. The molecule has 0 aromatic heterocycles. The van der Waals surface area contributed by atoms with Crippen molar-refractivity contribution in [3.63, 3.8) is 0 Å². The van der Waals surface area contributed by atoms with Crippen LogP contribution in [0.4, 0.5) is 28.4 Å². The highest BCUT2D eigenvalue weighted by Gasteiger charge is 2.17. The van der Waals surface area contributed by atoms with E-state index >= 15 is 0 Å². The molecule has 1 amide bonds. The van der Waals surface area contributed by atoms with Crippen LogP contribution >= 0.6 is 0 Å². The molecule has 2 aromatic rings. The van der Waals surface area contributed by atoms with E-state index < -0.39 is 28.2 Å². The lowest BCUT2D eigenvalue weighted by atomic mass is 10.1. The lowest BCUT2D eigenvalue weighted by Crippen LogP contribution is -2.28. The van der Waals surface area contributed by atoms with E-state index in [2.05, 4.69) is 21.6 Å². The predicted octanol–water partition coefficient (Wildman–Crippen LogP) is 4.73. The summed E-state index contributed by atoms with van der Waals surface area (Å²) in [5.41, 5.74) is 0.164. The summed E-state index contributed by atoms with van der Waals surface area (Å²) < 4.78 is 0. The van der Waals surface area contributed by atoms with Crippen molar-refractivity contribution in [2.75, 3.05) is 16.9 Å². The molecule has 172 valence electrons. The van der Waals surface area contributed by atoms with Gasteiger partial charge in [0.1, 0.15) is 11.4 Å². The highest BCUT2D eigenvalue weighted by Crippen LogP contribution is 2.33.